The lowest BCUT2D eigenvalue weighted by Crippen LogP contribution is -2.32. The van der Waals surface area contributed by atoms with Crippen LogP contribution in [0.2, 0.25) is 0 Å². The average Bonchev–Trinajstić information content (AvgIpc) is 3.35. The molecule has 0 unspecified atom stereocenters. The maximum absolute atomic E-state index is 12.2. The molecular formula is C21H18N6O2S2. The summed E-state index contributed by atoms with van der Waals surface area (Å²) in [7, 11) is 1.61. The molecular weight excluding hydrogens is 432 g/mol. The van der Waals surface area contributed by atoms with Gasteiger partial charge in [-0.3, -0.25) is 10.1 Å². The highest BCUT2D eigenvalue weighted by Gasteiger charge is 2.14. The van der Waals surface area contributed by atoms with Crippen LogP contribution in [0.15, 0.2) is 54.6 Å². The number of nitrogens with zero attached hydrogens (tertiary/aromatic N) is 4. The minimum absolute atomic E-state index is 0.191. The molecule has 0 bridgehead atoms. The van der Waals surface area contributed by atoms with Crippen molar-refractivity contribution in [2.45, 2.75) is 6.92 Å². The molecule has 0 saturated heterocycles. The van der Waals surface area contributed by atoms with Gasteiger partial charge in [0.05, 0.1) is 12.8 Å². The lowest BCUT2D eigenvalue weighted by Gasteiger charge is -2.11. The Labute approximate surface area is 187 Å². The van der Waals surface area contributed by atoms with E-state index in [2.05, 4.69) is 25.9 Å². The third-order valence-electron chi connectivity index (χ3n) is 4.33. The Hall–Kier alpha value is -3.63. The van der Waals surface area contributed by atoms with Gasteiger partial charge in [-0.05, 0) is 55.0 Å². The minimum Gasteiger partial charge on any atom is -0.497 e. The fraction of sp³-hybridized carbons (Fsp3) is 0.0952. The van der Waals surface area contributed by atoms with Crippen LogP contribution in [0.4, 0.5) is 5.69 Å². The maximum Gasteiger partial charge on any atom is 0.250 e. The summed E-state index contributed by atoms with van der Waals surface area (Å²) in [4.78, 5) is 12.9. The van der Waals surface area contributed by atoms with Crippen LogP contribution in [0.25, 0.3) is 21.6 Å². The molecule has 0 fully saturated rings. The van der Waals surface area contributed by atoms with Gasteiger partial charge in [0.15, 0.2) is 10.9 Å². The first kappa shape index (κ1) is 20.6. The van der Waals surface area contributed by atoms with Crippen LogP contribution in [0.3, 0.4) is 0 Å². The van der Waals surface area contributed by atoms with E-state index in [0.29, 0.717) is 4.96 Å². The number of thiocarbonyl (C=S) groups is 1. The van der Waals surface area contributed by atoms with E-state index in [-0.39, 0.29) is 11.0 Å². The smallest absolute Gasteiger partial charge is 0.250 e. The number of para-hydroxylation sites is 1. The monoisotopic (exact) mass is 450 g/mol. The zero-order valence-corrected chi connectivity index (χ0v) is 18.3. The largest absolute Gasteiger partial charge is 0.497 e. The van der Waals surface area contributed by atoms with Crippen LogP contribution in [0.5, 0.6) is 5.75 Å². The van der Waals surface area contributed by atoms with Gasteiger partial charge in [-0.1, -0.05) is 35.6 Å². The van der Waals surface area contributed by atoms with Crippen molar-refractivity contribution in [1.82, 2.24) is 25.1 Å². The van der Waals surface area contributed by atoms with E-state index in [1.54, 1.807) is 17.7 Å². The second kappa shape index (κ2) is 9.02. The van der Waals surface area contributed by atoms with Gasteiger partial charge in [0.25, 0.3) is 0 Å². The molecule has 0 radical (unpaired) electrons. The van der Waals surface area contributed by atoms with Crippen molar-refractivity contribution in [3.8, 4) is 16.3 Å². The highest BCUT2D eigenvalue weighted by molar-refractivity contribution is 7.80. The summed E-state index contributed by atoms with van der Waals surface area (Å²) in [5.74, 6) is 1.14. The van der Waals surface area contributed by atoms with Gasteiger partial charge in [-0.2, -0.15) is 9.61 Å². The number of ether oxygens (including phenoxy) is 1. The first-order valence-corrected chi connectivity index (χ1v) is 10.5. The van der Waals surface area contributed by atoms with Gasteiger partial charge in [-0.15, -0.1) is 10.2 Å². The maximum atomic E-state index is 12.2. The third kappa shape index (κ3) is 4.76. The molecule has 0 aliphatic carbocycles. The van der Waals surface area contributed by atoms with Crippen molar-refractivity contribution in [2.75, 3.05) is 12.4 Å². The molecule has 31 heavy (non-hydrogen) atoms. The first-order chi connectivity index (χ1) is 15.0. The molecule has 4 aromatic rings. The third-order valence-corrected chi connectivity index (χ3v) is 5.47. The Morgan fingerprint density at radius 3 is 2.68 bits per heavy atom. The zero-order chi connectivity index (χ0) is 21.8. The number of fused-ring (bicyclic) bond motifs is 1. The predicted octanol–water partition coefficient (Wildman–Crippen LogP) is 3.70. The molecule has 156 valence electrons. The van der Waals surface area contributed by atoms with Crippen LogP contribution in [0.1, 0.15) is 11.4 Å². The lowest BCUT2D eigenvalue weighted by molar-refractivity contribution is -0.115. The Kier molecular flexibility index (Phi) is 6.01. The normalized spacial score (nSPS) is 11.0. The van der Waals surface area contributed by atoms with Gasteiger partial charge >= 0.3 is 0 Å². The standard InChI is InChI=1S/C21H18N6O2S2/c1-13-24-25-21-27(13)26-19(31-21)16-5-3-4-6-17(16)22-20(30)23-18(28)12-9-14-7-10-15(29-2)11-8-14/h3-12H,1-2H3,(H2,22,23,28,30)/b12-9+. The molecule has 2 aromatic heterocycles. The van der Waals surface area contributed by atoms with E-state index in [1.807, 2.05) is 55.5 Å². The SMILES string of the molecule is COc1ccc(/C=C/C(=O)NC(=S)Nc2ccccc2-c2nn3c(C)nnc3s2)cc1. The van der Waals surface area contributed by atoms with Crippen molar-refractivity contribution in [3.63, 3.8) is 0 Å². The number of methoxy groups -OCH3 is 1. The van der Waals surface area contributed by atoms with Gasteiger partial charge in [0, 0.05) is 11.6 Å². The van der Waals surface area contributed by atoms with E-state index in [4.69, 9.17) is 17.0 Å². The predicted molar refractivity (Wildman–Crippen MR) is 125 cm³/mol. The fourth-order valence-electron chi connectivity index (χ4n) is 2.80. The molecule has 0 aliphatic heterocycles. The lowest BCUT2D eigenvalue weighted by atomic mass is 10.2. The highest BCUT2D eigenvalue weighted by atomic mass is 32.1. The number of carbonyl (C=O) groups is 1. The molecule has 1 amide bonds. The van der Waals surface area contributed by atoms with Crippen molar-refractivity contribution in [2.24, 2.45) is 0 Å². The number of hydrogen-bond acceptors (Lipinski definition) is 7. The van der Waals surface area contributed by atoms with Crippen molar-refractivity contribution in [3.05, 3.63) is 66.0 Å². The minimum atomic E-state index is -0.333. The summed E-state index contributed by atoms with van der Waals surface area (Å²) in [5.41, 5.74) is 2.45. The number of anilines is 1. The first-order valence-electron chi connectivity index (χ1n) is 9.26. The number of aryl methyl sites for hydroxylation is 1. The summed E-state index contributed by atoms with van der Waals surface area (Å²) >= 11 is 6.74. The summed E-state index contributed by atoms with van der Waals surface area (Å²) in [6, 6.07) is 15.0. The fourth-order valence-corrected chi connectivity index (χ4v) is 3.93. The average molecular weight is 451 g/mol. The van der Waals surface area contributed by atoms with E-state index in [9.17, 15) is 4.79 Å². The van der Waals surface area contributed by atoms with Crippen LogP contribution >= 0.6 is 23.6 Å². The Balaban J connectivity index is 1.43. The topological polar surface area (TPSA) is 93.4 Å². The molecule has 0 saturated carbocycles. The van der Waals surface area contributed by atoms with Crippen molar-refractivity contribution >= 4 is 51.3 Å². The summed E-state index contributed by atoms with van der Waals surface area (Å²) in [5, 5.41) is 19.4. The molecule has 2 heterocycles. The number of benzene rings is 2. The van der Waals surface area contributed by atoms with Gasteiger partial charge in [-0.25, -0.2) is 0 Å². The van der Waals surface area contributed by atoms with Crippen LogP contribution in [-0.4, -0.2) is 37.9 Å². The highest BCUT2D eigenvalue weighted by Crippen LogP contribution is 2.31. The number of aromatic nitrogens is 4. The van der Waals surface area contributed by atoms with Crippen LogP contribution < -0.4 is 15.4 Å². The second-order valence-corrected chi connectivity index (χ2v) is 7.81. The number of amides is 1. The van der Waals surface area contributed by atoms with Crippen LogP contribution in [0, 0.1) is 6.92 Å². The zero-order valence-electron chi connectivity index (χ0n) is 16.7. The summed E-state index contributed by atoms with van der Waals surface area (Å²) in [6.07, 6.45) is 3.13. The molecule has 2 N–H and O–H groups in total. The van der Waals surface area contributed by atoms with E-state index >= 15 is 0 Å². The van der Waals surface area contributed by atoms with Gasteiger partial charge < -0.3 is 10.1 Å². The number of nitrogens with one attached hydrogen (secondary N) is 2. The Bertz CT molecular complexity index is 1280. The van der Waals surface area contributed by atoms with E-state index in [0.717, 1.165) is 33.4 Å². The Morgan fingerprint density at radius 1 is 1.16 bits per heavy atom. The second-order valence-electron chi connectivity index (χ2n) is 6.44. The van der Waals surface area contributed by atoms with Crippen molar-refractivity contribution < 1.29 is 9.53 Å². The number of carbonyl (C=O) groups excluding carboxylic acids is 1. The quantitative estimate of drug-likeness (QED) is 0.354. The van der Waals surface area contributed by atoms with Gasteiger partial charge in [0.2, 0.25) is 10.9 Å². The molecule has 10 heteroatoms. The number of rotatable bonds is 5. The Morgan fingerprint density at radius 2 is 1.94 bits per heavy atom. The molecule has 0 atom stereocenters. The molecule has 0 spiro atoms. The molecule has 2 aromatic carbocycles. The summed E-state index contributed by atoms with van der Waals surface area (Å²) < 4.78 is 6.82. The molecule has 0 aliphatic rings. The molecule has 8 nitrogen and oxygen atoms in total. The van der Waals surface area contributed by atoms with Gasteiger partial charge in [0.1, 0.15) is 10.8 Å². The van der Waals surface area contributed by atoms with Crippen molar-refractivity contribution in [1.29, 1.82) is 0 Å². The van der Waals surface area contributed by atoms with Crippen LogP contribution in [-0.2, 0) is 4.79 Å². The van der Waals surface area contributed by atoms with E-state index in [1.165, 1.54) is 17.4 Å². The number of hydrogen-bond donors (Lipinski definition) is 2. The van der Waals surface area contributed by atoms with E-state index < -0.39 is 0 Å². The summed E-state index contributed by atoms with van der Waals surface area (Å²) in [6.45, 7) is 1.85. The molecule has 4 rings (SSSR count).